The first kappa shape index (κ1) is 14.5. The minimum absolute atomic E-state index is 0.157. The monoisotopic (exact) mass is 295 g/mol. The van der Waals surface area contributed by atoms with Crippen molar-refractivity contribution in [2.45, 2.75) is 64.3 Å². The summed E-state index contributed by atoms with van der Waals surface area (Å²) in [5, 5.41) is 3.09. The molecule has 3 heterocycles. The Labute approximate surface area is 125 Å². The molecule has 110 valence electrons. The van der Waals surface area contributed by atoms with Crippen LogP contribution in [0.1, 0.15) is 58.1 Å². The molecule has 0 saturated carbocycles. The van der Waals surface area contributed by atoms with E-state index in [0.717, 1.165) is 30.0 Å². The molecule has 0 bridgehead atoms. The van der Waals surface area contributed by atoms with Gasteiger partial charge in [0.2, 0.25) is 0 Å². The molecule has 0 spiro atoms. The van der Waals surface area contributed by atoms with E-state index in [-0.39, 0.29) is 24.4 Å². The van der Waals surface area contributed by atoms with E-state index in [1.807, 2.05) is 5.38 Å². The van der Waals surface area contributed by atoms with E-state index in [9.17, 15) is 0 Å². The molecule has 1 unspecified atom stereocenters. The fraction of sp³-hybridized carbons (Fsp3) is 0.786. The van der Waals surface area contributed by atoms with Crippen molar-refractivity contribution in [2.24, 2.45) is 0 Å². The molecule has 2 fully saturated rings. The van der Waals surface area contributed by atoms with Crippen molar-refractivity contribution in [3.05, 3.63) is 10.4 Å². The Hall–Kier alpha value is -0.425. The Morgan fingerprint density at radius 2 is 1.90 bits per heavy atom. The number of rotatable bonds is 2. The molecule has 1 atom stereocenters. The fourth-order valence-corrected chi connectivity index (χ4v) is 3.36. The second-order valence-electron chi connectivity index (χ2n) is 6.55. The topological polar surface area (TPSA) is 40.6 Å². The van der Waals surface area contributed by atoms with Gasteiger partial charge in [-0.1, -0.05) is 0 Å². The molecule has 3 rings (SSSR count). The largest absolute Gasteiger partial charge is 0.515 e. The third-order valence-corrected chi connectivity index (χ3v) is 5.44. The lowest BCUT2D eigenvalue weighted by molar-refractivity contribution is 0.00578. The van der Waals surface area contributed by atoms with Crippen molar-refractivity contribution in [1.29, 1.82) is 0 Å². The predicted molar refractivity (Wildman–Crippen MR) is 80.4 cm³/mol. The number of thiazole rings is 1. The maximum Gasteiger partial charge on any atom is 0.515 e. The second kappa shape index (κ2) is 5.09. The Bertz CT molecular complexity index is 467. The first-order valence-corrected chi connectivity index (χ1v) is 8.19. The van der Waals surface area contributed by atoms with Gasteiger partial charge in [-0.15, -0.1) is 11.3 Å². The summed E-state index contributed by atoms with van der Waals surface area (Å²) in [7, 11) is -0.367. The lowest BCUT2D eigenvalue weighted by Crippen LogP contribution is -2.41. The van der Waals surface area contributed by atoms with Crippen molar-refractivity contribution < 1.29 is 14.0 Å². The van der Waals surface area contributed by atoms with Crippen LogP contribution in [0.15, 0.2) is 5.38 Å². The second-order valence-corrected chi connectivity index (χ2v) is 7.44. The van der Waals surface area contributed by atoms with Gasteiger partial charge in [0.05, 0.1) is 16.8 Å². The van der Waals surface area contributed by atoms with Crippen molar-refractivity contribution in [3.63, 3.8) is 0 Å². The highest BCUT2D eigenvalue weighted by Crippen LogP contribution is 2.37. The number of hydrogen-bond donors (Lipinski definition) is 0. The van der Waals surface area contributed by atoms with E-state index in [4.69, 9.17) is 19.0 Å². The average Bonchev–Trinajstić information content (AvgIpc) is 2.94. The molecule has 6 heteroatoms. The molecule has 0 radical (unpaired) electrons. The van der Waals surface area contributed by atoms with Crippen LogP contribution in [-0.4, -0.2) is 29.9 Å². The van der Waals surface area contributed by atoms with Crippen LogP contribution in [0.2, 0.25) is 0 Å². The zero-order valence-corrected chi connectivity index (χ0v) is 13.5. The molecule has 0 aliphatic carbocycles. The molecular weight excluding hydrogens is 273 g/mol. The van der Waals surface area contributed by atoms with Crippen molar-refractivity contribution in [2.75, 3.05) is 6.61 Å². The van der Waals surface area contributed by atoms with Crippen molar-refractivity contribution >= 4 is 24.0 Å². The quantitative estimate of drug-likeness (QED) is 0.787. The van der Waals surface area contributed by atoms with Gasteiger partial charge >= 0.3 is 7.12 Å². The summed E-state index contributed by atoms with van der Waals surface area (Å²) < 4.78 is 17.9. The zero-order chi connectivity index (χ0) is 14.4. The highest BCUT2D eigenvalue weighted by atomic mass is 32.1. The summed E-state index contributed by atoms with van der Waals surface area (Å²) in [4.78, 5) is 4.69. The van der Waals surface area contributed by atoms with Gasteiger partial charge < -0.3 is 14.0 Å². The Morgan fingerprint density at radius 1 is 1.20 bits per heavy atom. The summed E-state index contributed by atoms with van der Waals surface area (Å²) in [5.41, 5.74) is 0.240. The van der Waals surface area contributed by atoms with Crippen LogP contribution in [-0.2, 0) is 14.0 Å². The van der Waals surface area contributed by atoms with E-state index < -0.39 is 0 Å². The minimum atomic E-state index is -0.367. The van der Waals surface area contributed by atoms with E-state index in [1.54, 1.807) is 11.3 Å². The Balaban J connectivity index is 1.74. The standard InChI is InChI=1S/C14H22BNO3S/c1-13(2)14(3,4)19-15(18-13)11-9-20-12(16-11)10-7-5-6-8-17-10/h9-10H,5-8H2,1-4H3. The van der Waals surface area contributed by atoms with Gasteiger partial charge in [0.1, 0.15) is 11.1 Å². The number of aromatic nitrogens is 1. The summed E-state index contributed by atoms with van der Waals surface area (Å²) >= 11 is 1.65. The van der Waals surface area contributed by atoms with E-state index in [0.29, 0.717) is 0 Å². The van der Waals surface area contributed by atoms with Gasteiger partial charge in [0.25, 0.3) is 0 Å². The van der Waals surface area contributed by atoms with Gasteiger partial charge in [-0.2, -0.15) is 0 Å². The third kappa shape index (κ3) is 2.54. The fourth-order valence-electron chi connectivity index (χ4n) is 2.46. The van der Waals surface area contributed by atoms with Gasteiger partial charge in [-0.05, 0) is 47.0 Å². The Morgan fingerprint density at radius 3 is 2.50 bits per heavy atom. The lowest BCUT2D eigenvalue weighted by Gasteiger charge is -2.32. The molecule has 0 N–H and O–H groups in total. The van der Waals surface area contributed by atoms with Crippen LogP contribution < -0.4 is 5.59 Å². The predicted octanol–water partition coefficient (Wildman–Crippen LogP) is 2.68. The highest BCUT2D eigenvalue weighted by molar-refractivity contribution is 7.10. The number of hydrogen-bond acceptors (Lipinski definition) is 5. The maximum atomic E-state index is 6.03. The van der Waals surface area contributed by atoms with Crippen LogP contribution in [0.4, 0.5) is 0 Å². The normalized spacial score (nSPS) is 28.8. The average molecular weight is 295 g/mol. The van der Waals surface area contributed by atoms with Crippen LogP contribution >= 0.6 is 11.3 Å². The van der Waals surface area contributed by atoms with Gasteiger partial charge in [0.15, 0.2) is 0 Å². The molecule has 0 amide bonds. The van der Waals surface area contributed by atoms with E-state index in [1.165, 1.54) is 6.42 Å². The Kier molecular flexibility index (Phi) is 3.69. The van der Waals surface area contributed by atoms with Crippen molar-refractivity contribution in [1.82, 2.24) is 4.98 Å². The van der Waals surface area contributed by atoms with Gasteiger partial charge in [0, 0.05) is 12.0 Å². The molecule has 0 aromatic carbocycles. The van der Waals surface area contributed by atoms with Crippen molar-refractivity contribution in [3.8, 4) is 0 Å². The molecule has 2 aliphatic heterocycles. The molecular formula is C14H22BNO3S. The first-order valence-electron chi connectivity index (χ1n) is 7.32. The minimum Gasteiger partial charge on any atom is -0.398 e. The SMILES string of the molecule is CC1(C)OB(c2csc(C3CCCCO3)n2)OC1(C)C. The maximum absolute atomic E-state index is 6.03. The molecule has 2 aliphatic rings. The van der Waals surface area contributed by atoms with Crippen LogP contribution in [0, 0.1) is 0 Å². The highest BCUT2D eigenvalue weighted by Gasteiger charge is 2.52. The molecule has 2 saturated heterocycles. The van der Waals surface area contributed by atoms with Gasteiger partial charge in [-0.25, -0.2) is 4.98 Å². The molecule has 4 nitrogen and oxygen atoms in total. The van der Waals surface area contributed by atoms with Crippen LogP contribution in [0.5, 0.6) is 0 Å². The van der Waals surface area contributed by atoms with E-state index >= 15 is 0 Å². The van der Waals surface area contributed by atoms with Gasteiger partial charge in [-0.3, -0.25) is 0 Å². The molecule has 1 aromatic rings. The smallest absolute Gasteiger partial charge is 0.398 e. The summed E-state index contributed by atoms with van der Waals surface area (Å²) in [6.07, 6.45) is 3.60. The third-order valence-electron chi connectivity index (χ3n) is 4.49. The first-order chi connectivity index (χ1) is 9.39. The lowest BCUT2D eigenvalue weighted by atomic mass is 9.86. The molecule has 20 heavy (non-hydrogen) atoms. The summed E-state index contributed by atoms with van der Waals surface area (Å²) in [6.45, 7) is 9.08. The summed E-state index contributed by atoms with van der Waals surface area (Å²) in [6, 6.07) is 0. The zero-order valence-electron chi connectivity index (χ0n) is 12.6. The van der Waals surface area contributed by atoms with Crippen LogP contribution in [0.3, 0.4) is 0 Å². The number of ether oxygens (including phenoxy) is 1. The molecule has 1 aromatic heterocycles. The number of nitrogens with zero attached hydrogens (tertiary/aromatic N) is 1. The van der Waals surface area contributed by atoms with Crippen LogP contribution in [0.25, 0.3) is 0 Å². The van der Waals surface area contributed by atoms with E-state index in [2.05, 4.69) is 27.7 Å². The summed E-state index contributed by atoms with van der Waals surface area (Å²) in [5.74, 6) is 0.